The average Bonchev–Trinajstić information content (AvgIpc) is 2.84. The van der Waals surface area contributed by atoms with Crippen LogP contribution in [-0.4, -0.2) is 40.5 Å². The third-order valence-electron chi connectivity index (χ3n) is 3.16. The highest BCUT2D eigenvalue weighted by atomic mass is 32.2. The van der Waals surface area contributed by atoms with E-state index >= 15 is 0 Å². The van der Waals surface area contributed by atoms with Gasteiger partial charge in [0.2, 0.25) is 0 Å². The molecule has 1 N–H and O–H groups in total. The highest BCUT2D eigenvalue weighted by Gasteiger charge is 2.25. The molecule has 1 heterocycles. The largest absolute Gasteiger partial charge is 0.507 e. The van der Waals surface area contributed by atoms with Crippen LogP contribution in [0.1, 0.15) is 22.3 Å². The van der Waals surface area contributed by atoms with Crippen molar-refractivity contribution in [2.45, 2.75) is 19.4 Å². The maximum absolute atomic E-state index is 12.3. The number of aryl methyl sites for hydroxylation is 1. The second-order valence-corrected chi connectivity index (χ2v) is 5.60. The molecular formula is C13H17NO2S. The number of phenols is 1. The lowest BCUT2D eigenvalue weighted by Gasteiger charge is -2.24. The summed E-state index contributed by atoms with van der Waals surface area (Å²) in [4.78, 5) is 14.0. The summed E-state index contributed by atoms with van der Waals surface area (Å²) >= 11 is 1.87. The third kappa shape index (κ3) is 2.57. The number of carbonyl (C=O) groups is 1. The number of amides is 1. The monoisotopic (exact) mass is 251 g/mol. The first-order valence-electron chi connectivity index (χ1n) is 5.74. The molecule has 17 heavy (non-hydrogen) atoms. The summed E-state index contributed by atoms with van der Waals surface area (Å²) in [5.41, 5.74) is 1.39. The van der Waals surface area contributed by atoms with Crippen molar-refractivity contribution in [1.29, 1.82) is 0 Å². The van der Waals surface area contributed by atoms with E-state index in [1.165, 1.54) is 0 Å². The van der Waals surface area contributed by atoms with Crippen LogP contribution >= 0.6 is 11.8 Å². The Bertz CT molecular complexity index is 427. The molecular weight excluding hydrogens is 234 g/mol. The smallest absolute Gasteiger partial charge is 0.257 e. The number of hydrogen-bond acceptors (Lipinski definition) is 3. The van der Waals surface area contributed by atoms with E-state index in [-0.39, 0.29) is 11.7 Å². The van der Waals surface area contributed by atoms with Gasteiger partial charge in [-0.15, -0.1) is 0 Å². The van der Waals surface area contributed by atoms with Gasteiger partial charge in [0.05, 0.1) is 5.56 Å². The Balaban J connectivity index is 2.20. The molecule has 1 aliphatic rings. The summed E-state index contributed by atoms with van der Waals surface area (Å²) in [6, 6.07) is 5.43. The number of rotatable bonds is 2. The zero-order chi connectivity index (χ0) is 12.4. The minimum atomic E-state index is -0.0845. The molecule has 4 heteroatoms. The Morgan fingerprint density at radius 1 is 1.53 bits per heavy atom. The van der Waals surface area contributed by atoms with Crippen LogP contribution in [-0.2, 0) is 0 Å². The molecule has 1 aromatic carbocycles. The van der Waals surface area contributed by atoms with Gasteiger partial charge in [0.1, 0.15) is 5.75 Å². The second-order valence-electron chi connectivity index (χ2n) is 4.45. The van der Waals surface area contributed by atoms with Crippen LogP contribution in [0.25, 0.3) is 0 Å². The number of benzene rings is 1. The Morgan fingerprint density at radius 3 is 2.94 bits per heavy atom. The predicted octanol–water partition coefficient (Wildman–Crippen LogP) is 2.28. The summed E-state index contributed by atoms with van der Waals surface area (Å²) in [5, 5.41) is 9.74. The van der Waals surface area contributed by atoms with E-state index in [9.17, 15) is 9.90 Å². The zero-order valence-corrected chi connectivity index (χ0v) is 11.0. The fraction of sp³-hybridized carbons (Fsp3) is 0.462. The molecule has 1 aliphatic heterocycles. The Kier molecular flexibility index (Phi) is 3.62. The molecule has 0 aromatic heterocycles. The zero-order valence-electron chi connectivity index (χ0n) is 10.1. The van der Waals surface area contributed by atoms with E-state index in [0.29, 0.717) is 11.6 Å². The van der Waals surface area contributed by atoms with Gasteiger partial charge in [-0.05, 0) is 31.2 Å². The molecule has 1 atom stereocenters. The summed E-state index contributed by atoms with van der Waals surface area (Å²) in [7, 11) is 1.82. The fourth-order valence-corrected chi connectivity index (χ4v) is 3.27. The summed E-state index contributed by atoms with van der Waals surface area (Å²) in [6.45, 7) is 1.92. The van der Waals surface area contributed by atoms with E-state index < -0.39 is 0 Å². The van der Waals surface area contributed by atoms with Crippen molar-refractivity contribution < 1.29 is 9.90 Å². The molecule has 0 saturated carbocycles. The molecule has 0 radical (unpaired) electrons. The minimum Gasteiger partial charge on any atom is -0.507 e. The molecule has 1 saturated heterocycles. The first kappa shape index (κ1) is 12.3. The second kappa shape index (κ2) is 5.00. The third-order valence-corrected chi connectivity index (χ3v) is 4.30. The lowest BCUT2D eigenvalue weighted by Crippen LogP contribution is -2.37. The van der Waals surface area contributed by atoms with Gasteiger partial charge < -0.3 is 10.0 Å². The van der Waals surface area contributed by atoms with Crippen molar-refractivity contribution in [1.82, 2.24) is 4.90 Å². The molecule has 92 valence electrons. The molecule has 2 rings (SSSR count). The van der Waals surface area contributed by atoms with E-state index in [1.54, 1.807) is 23.1 Å². The molecule has 0 bridgehead atoms. The number of nitrogens with zero attached hydrogens (tertiary/aromatic N) is 1. The summed E-state index contributed by atoms with van der Waals surface area (Å²) in [5.74, 6) is 2.09. The van der Waals surface area contributed by atoms with Crippen molar-refractivity contribution in [2.24, 2.45) is 0 Å². The normalized spacial score (nSPS) is 19.3. The molecule has 1 aromatic rings. The lowest BCUT2D eigenvalue weighted by atomic mass is 10.1. The summed E-state index contributed by atoms with van der Waals surface area (Å²) < 4.78 is 0. The van der Waals surface area contributed by atoms with Gasteiger partial charge in [-0.1, -0.05) is 11.6 Å². The summed E-state index contributed by atoms with van der Waals surface area (Å²) in [6.07, 6.45) is 1.04. The van der Waals surface area contributed by atoms with E-state index in [4.69, 9.17) is 0 Å². The quantitative estimate of drug-likeness (QED) is 0.876. The van der Waals surface area contributed by atoms with Crippen LogP contribution in [0.15, 0.2) is 18.2 Å². The van der Waals surface area contributed by atoms with Crippen molar-refractivity contribution in [2.75, 3.05) is 18.6 Å². The number of phenolic OH excluding ortho intramolecular Hbond substituents is 1. The van der Waals surface area contributed by atoms with E-state index in [2.05, 4.69) is 0 Å². The molecule has 1 fully saturated rings. The standard InChI is InChI=1S/C13H17NO2S/c1-9-3-4-12(15)11(7-9)13(16)14(2)10-5-6-17-8-10/h3-4,7,10,15H,5-6,8H2,1-2H3. The van der Waals surface area contributed by atoms with Gasteiger partial charge in [0.25, 0.3) is 5.91 Å². The first-order chi connectivity index (χ1) is 8.09. The first-order valence-corrected chi connectivity index (χ1v) is 6.89. The van der Waals surface area contributed by atoms with Gasteiger partial charge in [0.15, 0.2) is 0 Å². The van der Waals surface area contributed by atoms with Crippen LogP contribution < -0.4 is 0 Å². The van der Waals surface area contributed by atoms with Gasteiger partial charge in [0, 0.05) is 18.8 Å². The van der Waals surface area contributed by atoms with Crippen molar-refractivity contribution in [3.63, 3.8) is 0 Å². The SMILES string of the molecule is Cc1ccc(O)c(C(=O)N(C)C2CCSC2)c1. The van der Waals surface area contributed by atoms with Gasteiger partial charge in [-0.2, -0.15) is 11.8 Å². The van der Waals surface area contributed by atoms with Crippen molar-refractivity contribution in [3.8, 4) is 5.75 Å². The van der Waals surface area contributed by atoms with Crippen molar-refractivity contribution in [3.05, 3.63) is 29.3 Å². The highest BCUT2D eigenvalue weighted by molar-refractivity contribution is 7.99. The van der Waals surface area contributed by atoms with Crippen LogP contribution in [0.2, 0.25) is 0 Å². The van der Waals surface area contributed by atoms with Gasteiger partial charge in [-0.3, -0.25) is 4.79 Å². The predicted molar refractivity (Wildman–Crippen MR) is 70.7 cm³/mol. The Labute approximate surface area is 106 Å². The maximum atomic E-state index is 12.3. The fourth-order valence-electron chi connectivity index (χ4n) is 2.00. The Morgan fingerprint density at radius 2 is 2.29 bits per heavy atom. The molecule has 1 unspecified atom stereocenters. The van der Waals surface area contributed by atoms with Crippen LogP contribution in [0, 0.1) is 6.92 Å². The number of thioether (sulfide) groups is 1. The number of aromatic hydroxyl groups is 1. The van der Waals surface area contributed by atoms with Crippen LogP contribution in [0.5, 0.6) is 5.75 Å². The van der Waals surface area contributed by atoms with E-state index in [1.807, 2.05) is 25.7 Å². The molecule has 0 spiro atoms. The number of carbonyl (C=O) groups excluding carboxylic acids is 1. The Hall–Kier alpha value is -1.16. The van der Waals surface area contributed by atoms with Crippen LogP contribution in [0.3, 0.4) is 0 Å². The van der Waals surface area contributed by atoms with Gasteiger partial charge in [-0.25, -0.2) is 0 Å². The molecule has 3 nitrogen and oxygen atoms in total. The number of hydrogen-bond donors (Lipinski definition) is 1. The minimum absolute atomic E-state index is 0.0677. The average molecular weight is 251 g/mol. The van der Waals surface area contributed by atoms with Gasteiger partial charge >= 0.3 is 0 Å². The van der Waals surface area contributed by atoms with Crippen molar-refractivity contribution >= 4 is 17.7 Å². The topological polar surface area (TPSA) is 40.5 Å². The molecule has 1 amide bonds. The molecule has 0 aliphatic carbocycles. The van der Waals surface area contributed by atoms with Crippen LogP contribution in [0.4, 0.5) is 0 Å². The lowest BCUT2D eigenvalue weighted by molar-refractivity contribution is 0.0744. The van der Waals surface area contributed by atoms with E-state index in [0.717, 1.165) is 23.5 Å². The maximum Gasteiger partial charge on any atom is 0.257 e. The highest BCUT2D eigenvalue weighted by Crippen LogP contribution is 2.25.